The second-order valence-electron chi connectivity index (χ2n) is 9.81. The van der Waals surface area contributed by atoms with Gasteiger partial charge in [-0.1, -0.05) is 13.0 Å². The third-order valence-electron chi connectivity index (χ3n) is 7.32. The summed E-state index contributed by atoms with van der Waals surface area (Å²) in [6, 6.07) is 4.39. The molecular weight excluding hydrogens is 326 g/mol. The predicted molar refractivity (Wildman–Crippen MR) is 101 cm³/mol. The van der Waals surface area contributed by atoms with Gasteiger partial charge in [0.15, 0.2) is 17.6 Å². The van der Waals surface area contributed by atoms with E-state index in [4.69, 9.17) is 9.47 Å². The molecule has 1 aromatic rings. The predicted octanol–water partition coefficient (Wildman–Crippen LogP) is 3.76. The lowest BCUT2D eigenvalue weighted by atomic mass is 9.45. The molecule has 0 amide bonds. The van der Waals surface area contributed by atoms with Gasteiger partial charge in [0.25, 0.3) is 0 Å². The van der Waals surface area contributed by atoms with Crippen molar-refractivity contribution in [1.29, 1.82) is 0 Å². The van der Waals surface area contributed by atoms with Gasteiger partial charge in [-0.2, -0.15) is 0 Å². The van der Waals surface area contributed by atoms with Crippen LogP contribution in [0.5, 0.6) is 11.5 Å². The Morgan fingerprint density at radius 2 is 2.08 bits per heavy atom. The molecule has 5 rings (SSSR count). The van der Waals surface area contributed by atoms with Crippen LogP contribution < -0.4 is 4.74 Å². The number of hydrogen-bond donors (Lipinski definition) is 1. The number of phenolic OH excluding ortho intramolecular Hbond substituents is 1. The van der Waals surface area contributed by atoms with Crippen molar-refractivity contribution in [3.05, 3.63) is 35.1 Å². The van der Waals surface area contributed by atoms with Gasteiger partial charge in [0.1, 0.15) is 11.4 Å². The summed E-state index contributed by atoms with van der Waals surface area (Å²) in [6.45, 7) is 9.74. The molecule has 1 saturated heterocycles. The number of piperidine rings is 1. The van der Waals surface area contributed by atoms with E-state index in [1.165, 1.54) is 11.1 Å². The van der Waals surface area contributed by atoms with E-state index >= 15 is 0 Å². The van der Waals surface area contributed by atoms with E-state index in [9.17, 15) is 5.11 Å². The van der Waals surface area contributed by atoms with Gasteiger partial charge in [-0.05, 0) is 71.3 Å². The lowest BCUT2D eigenvalue weighted by Gasteiger charge is -2.63. The Hall–Kier alpha value is -1.68. The highest BCUT2D eigenvalue weighted by Gasteiger charge is 2.70. The standard InChI is InChI=1S/C22H29NO3/c1-20(2,3)26-15-8-9-21(4)16-12-13-6-7-14(24)18-17(13)22(21,19(15)25-18)10-11-23(16)5/h6-8,16,19,24H,9-12H2,1-5H3/t16-,19+,21+,22+/m1/s1. The molecule has 2 aliphatic heterocycles. The van der Waals surface area contributed by atoms with E-state index in [1.807, 2.05) is 0 Å². The molecule has 140 valence electrons. The smallest absolute Gasteiger partial charge is 0.166 e. The first kappa shape index (κ1) is 16.5. The van der Waals surface area contributed by atoms with Crippen molar-refractivity contribution in [2.24, 2.45) is 5.41 Å². The van der Waals surface area contributed by atoms with Crippen LogP contribution in [0.15, 0.2) is 24.0 Å². The Morgan fingerprint density at radius 1 is 1.31 bits per heavy atom. The van der Waals surface area contributed by atoms with Crippen LogP contribution in [0.25, 0.3) is 0 Å². The number of likely N-dealkylation sites (tertiary alicyclic amines) is 1. The van der Waals surface area contributed by atoms with Crippen molar-refractivity contribution in [3.63, 3.8) is 0 Å². The molecule has 4 aliphatic rings. The van der Waals surface area contributed by atoms with E-state index in [-0.39, 0.29) is 28.3 Å². The third-order valence-corrected chi connectivity index (χ3v) is 7.32. The number of allylic oxidation sites excluding steroid dienone is 1. The molecule has 1 N–H and O–H groups in total. The van der Waals surface area contributed by atoms with E-state index in [0.717, 1.165) is 31.6 Å². The number of rotatable bonds is 1. The molecule has 0 saturated carbocycles. The van der Waals surface area contributed by atoms with Crippen LogP contribution in [-0.4, -0.2) is 41.3 Å². The Kier molecular flexibility index (Phi) is 3.03. The van der Waals surface area contributed by atoms with Crippen LogP contribution in [0.1, 0.15) is 51.7 Å². The molecular formula is C22H29NO3. The number of ether oxygens (including phenoxy) is 2. The molecule has 4 nitrogen and oxygen atoms in total. The zero-order chi connectivity index (χ0) is 18.5. The fourth-order valence-electron chi connectivity index (χ4n) is 6.24. The minimum Gasteiger partial charge on any atom is -0.504 e. The first-order valence-corrected chi connectivity index (χ1v) is 9.79. The van der Waals surface area contributed by atoms with Crippen molar-refractivity contribution in [1.82, 2.24) is 4.90 Å². The molecule has 2 bridgehead atoms. The van der Waals surface area contributed by atoms with Gasteiger partial charge in [0.05, 0.1) is 5.41 Å². The van der Waals surface area contributed by atoms with Gasteiger partial charge >= 0.3 is 0 Å². The molecule has 0 aromatic heterocycles. The average molecular weight is 355 g/mol. The molecule has 26 heavy (non-hydrogen) atoms. The Balaban J connectivity index is 1.77. The molecule has 2 heterocycles. The molecule has 0 radical (unpaired) electrons. The Bertz CT molecular complexity index is 823. The van der Waals surface area contributed by atoms with Crippen LogP contribution >= 0.6 is 0 Å². The lowest BCUT2D eigenvalue weighted by Crippen LogP contribution is -2.69. The minimum atomic E-state index is -0.265. The molecule has 1 aromatic carbocycles. The van der Waals surface area contributed by atoms with Crippen LogP contribution in [0.3, 0.4) is 0 Å². The quantitative estimate of drug-likeness (QED) is 0.833. The van der Waals surface area contributed by atoms with E-state index in [0.29, 0.717) is 11.8 Å². The summed E-state index contributed by atoms with van der Waals surface area (Å²) in [5.74, 6) is 1.91. The second-order valence-corrected chi connectivity index (χ2v) is 9.81. The second kappa shape index (κ2) is 4.78. The summed E-state index contributed by atoms with van der Waals surface area (Å²) in [5, 5.41) is 10.6. The van der Waals surface area contributed by atoms with Crippen LogP contribution in [0.2, 0.25) is 0 Å². The summed E-state index contributed by atoms with van der Waals surface area (Å²) in [6.07, 6.45) is 5.17. The highest BCUT2D eigenvalue weighted by atomic mass is 16.6. The van der Waals surface area contributed by atoms with Crippen molar-refractivity contribution < 1.29 is 14.6 Å². The van der Waals surface area contributed by atoms with Crippen LogP contribution in [0, 0.1) is 5.41 Å². The number of likely N-dealkylation sites (N-methyl/N-ethyl adjacent to an activating group) is 1. The molecule has 0 unspecified atom stereocenters. The van der Waals surface area contributed by atoms with Crippen LogP contribution in [-0.2, 0) is 16.6 Å². The number of nitrogens with zero attached hydrogens (tertiary/aromatic N) is 1. The maximum Gasteiger partial charge on any atom is 0.166 e. The van der Waals surface area contributed by atoms with E-state index < -0.39 is 0 Å². The monoisotopic (exact) mass is 355 g/mol. The fraction of sp³-hybridized carbons (Fsp3) is 0.636. The fourth-order valence-corrected chi connectivity index (χ4v) is 6.24. The first-order chi connectivity index (χ1) is 12.2. The highest BCUT2D eigenvalue weighted by molar-refractivity contribution is 5.63. The van der Waals surface area contributed by atoms with Crippen molar-refractivity contribution in [2.75, 3.05) is 13.6 Å². The van der Waals surface area contributed by atoms with Gasteiger partial charge in [-0.3, -0.25) is 0 Å². The number of benzene rings is 1. The summed E-state index contributed by atoms with van der Waals surface area (Å²) < 4.78 is 12.9. The Morgan fingerprint density at radius 3 is 2.81 bits per heavy atom. The summed E-state index contributed by atoms with van der Waals surface area (Å²) >= 11 is 0. The van der Waals surface area contributed by atoms with Gasteiger partial charge < -0.3 is 19.5 Å². The van der Waals surface area contributed by atoms with Gasteiger partial charge in [-0.25, -0.2) is 0 Å². The summed E-state index contributed by atoms with van der Waals surface area (Å²) in [5.41, 5.74) is 2.31. The summed E-state index contributed by atoms with van der Waals surface area (Å²) in [4.78, 5) is 2.53. The highest BCUT2D eigenvalue weighted by Crippen LogP contribution is 2.68. The van der Waals surface area contributed by atoms with Crippen molar-refractivity contribution in [2.45, 2.75) is 70.1 Å². The molecule has 4 atom stereocenters. The van der Waals surface area contributed by atoms with Crippen LogP contribution in [0.4, 0.5) is 0 Å². The number of hydrogen-bond acceptors (Lipinski definition) is 4. The molecule has 2 aliphatic carbocycles. The Labute approximate surface area is 155 Å². The maximum atomic E-state index is 10.6. The SMILES string of the molecule is CN1CC[C@]23c4c5ccc(O)c4O[C@H]2C(OC(C)(C)C)=CC[C@@]3(C)[C@H]1C5. The molecule has 1 spiro atoms. The maximum absolute atomic E-state index is 10.6. The van der Waals surface area contributed by atoms with E-state index in [1.54, 1.807) is 6.07 Å². The normalized spacial score (nSPS) is 37.7. The third kappa shape index (κ3) is 1.79. The lowest BCUT2D eigenvalue weighted by molar-refractivity contribution is -0.102. The first-order valence-electron chi connectivity index (χ1n) is 9.79. The van der Waals surface area contributed by atoms with Crippen molar-refractivity contribution in [3.8, 4) is 11.5 Å². The summed E-state index contributed by atoms with van der Waals surface area (Å²) in [7, 11) is 2.25. The van der Waals surface area contributed by atoms with Gasteiger partial charge in [-0.15, -0.1) is 0 Å². The number of phenols is 1. The molecule has 1 fully saturated rings. The largest absolute Gasteiger partial charge is 0.504 e. The average Bonchev–Trinajstić information content (AvgIpc) is 2.90. The van der Waals surface area contributed by atoms with Crippen molar-refractivity contribution >= 4 is 0 Å². The number of aromatic hydroxyl groups is 1. The molecule has 4 heteroatoms. The zero-order valence-electron chi connectivity index (χ0n) is 16.4. The van der Waals surface area contributed by atoms with Gasteiger partial charge in [0, 0.05) is 17.0 Å². The zero-order valence-corrected chi connectivity index (χ0v) is 16.4. The topological polar surface area (TPSA) is 41.9 Å². The van der Waals surface area contributed by atoms with E-state index in [2.05, 4.69) is 51.8 Å². The minimum absolute atomic E-state index is 0.0848. The van der Waals surface area contributed by atoms with Gasteiger partial charge in [0.2, 0.25) is 0 Å².